The van der Waals surface area contributed by atoms with Crippen molar-refractivity contribution in [3.05, 3.63) is 81.1 Å². The molecule has 3 heterocycles. The van der Waals surface area contributed by atoms with Crippen LogP contribution in [0.3, 0.4) is 0 Å². The van der Waals surface area contributed by atoms with Gasteiger partial charge in [0.15, 0.2) is 0 Å². The fourth-order valence-electron chi connectivity index (χ4n) is 4.64. The molecule has 1 fully saturated rings. The largest absolute Gasteiger partial charge is 0.872 e. The molecule has 4 rings (SSSR count). The molecule has 36 heavy (non-hydrogen) atoms. The van der Waals surface area contributed by atoms with Crippen LogP contribution in [0.5, 0.6) is 0 Å². The van der Waals surface area contributed by atoms with Gasteiger partial charge < -0.3 is 19.7 Å². The summed E-state index contributed by atoms with van der Waals surface area (Å²) in [5.41, 5.74) is 1.72. The van der Waals surface area contributed by atoms with Crippen LogP contribution in [0.2, 0.25) is 0 Å². The summed E-state index contributed by atoms with van der Waals surface area (Å²) in [5.74, 6) is -2.68. The lowest BCUT2D eigenvalue weighted by Gasteiger charge is -2.27. The molecule has 0 spiro atoms. The molecule has 1 atom stereocenters. The minimum atomic E-state index is -0.842. The van der Waals surface area contributed by atoms with E-state index in [0.29, 0.717) is 29.8 Å². The minimum absolute atomic E-state index is 0.118. The molecule has 10 heteroatoms. The molecular formula is C26H27BrN4O5. The fourth-order valence-corrected chi connectivity index (χ4v) is 5.06. The maximum absolute atomic E-state index is 13.9. The molecule has 0 bridgehead atoms. The van der Waals surface area contributed by atoms with E-state index in [-0.39, 0.29) is 30.0 Å². The summed E-state index contributed by atoms with van der Waals surface area (Å²) in [5, 5.41) is 13.9. The highest BCUT2D eigenvalue weighted by Gasteiger charge is 2.44. The zero-order valence-electron chi connectivity index (χ0n) is 20.3. The lowest BCUT2D eigenvalue weighted by molar-refractivity contribution is -0.695. The Bertz CT molecular complexity index is 1340. The summed E-state index contributed by atoms with van der Waals surface area (Å²) in [4.78, 5) is 46.2. The number of halogens is 1. The number of nitrogens with zero attached hydrogens (tertiary/aromatic N) is 2. The van der Waals surface area contributed by atoms with E-state index in [1.165, 1.54) is 4.90 Å². The number of ketones is 1. The number of hydrogen-bond acceptors (Lipinski definition) is 5. The van der Waals surface area contributed by atoms with Crippen LogP contribution < -0.4 is 9.67 Å². The van der Waals surface area contributed by atoms with Crippen LogP contribution in [0.4, 0.5) is 0 Å². The summed E-state index contributed by atoms with van der Waals surface area (Å²) in [6, 6.07) is 6.39. The highest BCUT2D eigenvalue weighted by Crippen LogP contribution is 2.40. The Morgan fingerprint density at radius 3 is 2.72 bits per heavy atom. The molecule has 1 unspecified atom stereocenters. The third kappa shape index (κ3) is 4.73. The molecular weight excluding hydrogens is 528 g/mol. The SMILES string of the molecule is CCOC(=O)c1[nH]c(C)c(C([O-])=C2C(=O)C(=O)N(CCC[n+]3cc[nH]c3)C2c2cccc(Br)c2)c1C. The molecule has 188 valence electrons. The Labute approximate surface area is 216 Å². The number of benzene rings is 1. The fraction of sp³-hybridized carbons (Fsp3) is 0.308. The van der Waals surface area contributed by atoms with Crippen LogP contribution >= 0.6 is 15.9 Å². The third-order valence-electron chi connectivity index (χ3n) is 6.26. The Morgan fingerprint density at radius 1 is 1.28 bits per heavy atom. The van der Waals surface area contributed by atoms with E-state index in [0.717, 1.165) is 4.47 Å². The number of H-pyrrole nitrogens is 2. The molecule has 3 aromatic rings. The van der Waals surface area contributed by atoms with Gasteiger partial charge in [0.25, 0.3) is 5.91 Å². The van der Waals surface area contributed by atoms with Crippen LogP contribution in [0, 0.1) is 13.8 Å². The second kappa shape index (κ2) is 10.5. The number of imidazole rings is 1. The Morgan fingerprint density at radius 2 is 2.06 bits per heavy atom. The molecule has 1 aliphatic heterocycles. The van der Waals surface area contributed by atoms with Gasteiger partial charge in [-0.25, -0.2) is 9.36 Å². The number of aryl methyl sites for hydroxylation is 2. The number of aromatic amines is 2. The number of hydrogen-bond donors (Lipinski definition) is 2. The average Bonchev–Trinajstić information content (AvgIpc) is 3.52. The molecule has 1 amide bonds. The van der Waals surface area contributed by atoms with Crippen molar-refractivity contribution in [3.63, 3.8) is 0 Å². The van der Waals surface area contributed by atoms with Gasteiger partial charge in [0, 0.05) is 28.7 Å². The van der Waals surface area contributed by atoms with Crippen LogP contribution in [-0.2, 0) is 20.9 Å². The normalized spacial score (nSPS) is 17.1. The molecule has 0 aliphatic carbocycles. The van der Waals surface area contributed by atoms with Gasteiger partial charge in [-0.1, -0.05) is 33.8 Å². The predicted molar refractivity (Wildman–Crippen MR) is 132 cm³/mol. The lowest BCUT2D eigenvalue weighted by atomic mass is 9.94. The van der Waals surface area contributed by atoms with Crippen molar-refractivity contribution in [1.82, 2.24) is 14.9 Å². The summed E-state index contributed by atoms with van der Waals surface area (Å²) in [6.07, 6.45) is 6.07. The van der Waals surface area contributed by atoms with Gasteiger partial charge in [-0.15, -0.1) is 0 Å². The Hall–Kier alpha value is -3.66. The van der Waals surface area contributed by atoms with Crippen LogP contribution in [0.25, 0.3) is 5.76 Å². The first-order valence-electron chi connectivity index (χ1n) is 11.6. The molecule has 1 saturated heterocycles. The molecule has 1 aromatic carbocycles. The van der Waals surface area contributed by atoms with Crippen molar-refractivity contribution < 1.29 is 28.8 Å². The van der Waals surface area contributed by atoms with Crippen molar-refractivity contribution in [2.24, 2.45) is 0 Å². The van der Waals surface area contributed by atoms with Crippen molar-refractivity contribution in [3.8, 4) is 0 Å². The topological polar surface area (TPSA) is 122 Å². The third-order valence-corrected chi connectivity index (χ3v) is 6.75. The smallest absolute Gasteiger partial charge is 0.355 e. The first-order valence-corrected chi connectivity index (χ1v) is 12.4. The monoisotopic (exact) mass is 554 g/mol. The van der Waals surface area contributed by atoms with E-state index in [4.69, 9.17) is 4.74 Å². The van der Waals surface area contributed by atoms with Gasteiger partial charge in [0.05, 0.1) is 19.2 Å². The van der Waals surface area contributed by atoms with E-state index >= 15 is 0 Å². The van der Waals surface area contributed by atoms with Gasteiger partial charge in [-0.2, -0.15) is 0 Å². The molecule has 9 nitrogen and oxygen atoms in total. The molecule has 0 saturated carbocycles. The second-order valence-corrected chi connectivity index (χ2v) is 9.49. The summed E-state index contributed by atoms with van der Waals surface area (Å²) in [7, 11) is 0. The zero-order chi connectivity index (χ0) is 26.0. The molecule has 2 N–H and O–H groups in total. The average molecular weight is 555 g/mol. The maximum atomic E-state index is 13.9. The Kier molecular flexibility index (Phi) is 7.44. The van der Waals surface area contributed by atoms with Crippen molar-refractivity contribution in [2.75, 3.05) is 13.2 Å². The van der Waals surface area contributed by atoms with Crippen molar-refractivity contribution >= 4 is 39.3 Å². The van der Waals surface area contributed by atoms with E-state index in [1.807, 2.05) is 23.2 Å². The number of rotatable bonds is 8. The minimum Gasteiger partial charge on any atom is -0.872 e. The number of aromatic nitrogens is 3. The molecule has 0 radical (unpaired) electrons. The molecule has 1 aliphatic rings. The lowest BCUT2D eigenvalue weighted by Crippen LogP contribution is -2.36. The summed E-state index contributed by atoms with van der Waals surface area (Å²) < 4.78 is 7.79. The number of esters is 1. The van der Waals surface area contributed by atoms with Gasteiger partial charge in [-0.3, -0.25) is 14.6 Å². The highest BCUT2D eigenvalue weighted by molar-refractivity contribution is 9.10. The van der Waals surface area contributed by atoms with Gasteiger partial charge in [0.1, 0.15) is 18.1 Å². The van der Waals surface area contributed by atoms with E-state index < -0.39 is 29.5 Å². The van der Waals surface area contributed by atoms with Crippen LogP contribution in [-0.4, -0.2) is 45.7 Å². The predicted octanol–water partition coefficient (Wildman–Crippen LogP) is 2.50. The van der Waals surface area contributed by atoms with Gasteiger partial charge >= 0.3 is 5.97 Å². The number of amides is 1. The van der Waals surface area contributed by atoms with E-state index in [1.54, 1.807) is 45.2 Å². The van der Waals surface area contributed by atoms with Crippen LogP contribution in [0.15, 0.2) is 53.0 Å². The number of nitrogens with one attached hydrogen (secondary N) is 2. The first kappa shape index (κ1) is 25.4. The first-order chi connectivity index (χ1) is 17.2. The van der Waals surface area contributed by atoms with Crippen LogP contribution in [0.1, 0.15) is 52.3 Å². The summed E-state index contributed by atoms with van der Waals surface area (Å²) >= 11 is 3.45. The number of carbonyl (C=O) groups excluding carboxylic acids is 3. The standard InChI is InChI=1S/C26H27BrN4O5/c1-4-36-26(35)21-15(2)19(16(3)29-21)23(32)20-22(17-7-5-8-18(27)13-17)31(25(34)24(20)33)11-6-10-30-12-9-28-14-30/h5,7-9,12-14,22H,4,6,10-11H2,1-3H3,(H2,29,32,33,35). The Balaban J connectivity index is 1.79. The van der Waals surface area contributed by atoms with Gasteiger partial charge in [-0.05, 0) is 49.6 Å². The molecule has 2 aromatic heterocycles. The van der Waals surface area contributed by atoms with Crippen molar-refractivity contribution in [2.45, 2.75) is 39.8 Å². The number of likely N-dealkylation sites (tertiary alicyclic amines) is 1. The van der Waals surface area contributed by atoms with Crippen molar-refractivity contribution in [1.29, 1.82) is 0 Å². The maximum Gasteiger partial charge on any atom is 0.355 e. The number of carbonyl (C=O) groups is 3. The highest BCUT2D eigenvalue weighted by atomic mass is 79.9. The quantitative estimate of drug-likeness (QED) is 0.146. The van der Waals surface area contributed by atoms with Gasteiger partial charge in [0.2, 0.25) is 12.1 Å². The zero-order valence-corrected chi connectivity index (χ0v) is 21.8. The number of ether oxygens (including phenoxy) is 1. The summed E-state index contributed by atoms with van der Waals surface area (Å²) in [6.45, 7) is 6.09. The number of Topliss-reactive ketones (excluding diaryl/α,β-unsaturated/α-hetero) is 1. The van der Waals surface area contributed by atoms with E-state index in [2.05, 4.69) is 25.9 Å². The second-order valence-electron chi connectivity index (χ2n) is 8.58. The van der Waals surface area contributed by atoms with E-state index in [9.17, 15) is 19.5 Å².